The maximum atomic E-state index is 13.8. The second-order valence-electron chi connectivity index (χ2n) is 7.34. The Hall–Kier alpha value is -2.65. The van der Waals surface area contributed by atoms with E-state index in [2.05, 4.69) is 4.98 Å². The lowest BCUT2D eigenvalue weighted by atomic mass is 10.0. The van der Waals surface area contributed by atoms with E-state index in [-0.39, 0.29) is 23.2 Å². The van der Waals surface area contributed by atoms with Gasteiger partial charge in [-0.05, 0) is 18.9 Å². The fraction of sp³-hybridized carbons (Fsp3) is 0.556. The third-order valence-corrected chi connectivity index (χ3v) is 5.11. The van der Waals surface area contributed by atoms with Gasteiger partial charge >= 0.3 is 11.9 Å². The molecule has 1 saturated heterocycles. The minimum absolute atomic E-state index is 0.0366. The van der Waals surface area contributed by atoms with Gasteiger partial charge in [0.2, 0.25) is 5.91 Å². The van der Waals surface area contributed by atoms with E-state index in [0.717, 1.165) is 17.7 Å². The van der Waals surface area contributed by atoms with E-state index in [1.54, 1.807) is 13.8 Å². The van der Waals surface area contributed by atoms with Crippen LogP contribution >= 0.6 is 0 Å². The van der Waals surface area contributed by atoms with Crippen molar-refractivity contribution in [2.24, 2.45) is 20.0 Å². The van der Waals surface area contributed by atoms with Crippen LogP contribution in [-0.4, -0.2) is 31.5 Å². The van der Waals surface area contributed by atoms with Crippen LogP contribution in [-0.2, 0) is 25.1 Å². The molecule has 2 aromatic rings. The lowest BCUT2D eigenvalue weighted by molar-refractivity contribution is -0.136. The van der Waals surface area contributed by atoms with Crippen molar-refractivity contribution < 1.29 is 18.0 Å². The van der Waals surface area contributed by atoms with Gasteiger partial charge < -0.3 is 4.90 Å². The molecule has 28 heavy (non-hydrogen) atoms. The largest absolute Gasteiger partial charge is 0.417 e. The number of carbonyl (C=O) groups excluding carboxylic acids is 1. The number of hydrogen-bond donors (Lipinski definition) is 0. The molecule has 152 valence electrons. The first-order valence-electron chi connectivity index (χ1n) is 8.93. The normalized spacial score (nSPS) is 17.7. The molecule has 0 aromatic carbocycles. The van der Waals surface area contributed by atoms with Gasteiger partial charge in [-0.2, -0.15) is 13.2 Å². The molecule has 1 amide bonds. The number of pyridine rings is 1. The van der Waals surface area contributed by atoms with Crippen LogP contribution in [0.25, 0.3) is 11.0 Å². The number of amides is 1. The molecule has 0 aliphatic carbocycles. The van der Waals surface area contributed by atoms with Gasteiger partial charge in [0.15, 0.2) is 0 Å². The molecule has 1 atom stereocenters. The molecule has 1 aliphatic rings. The number of aromatic nitrogens is 3. The predicted octanol–water partition coefficient (Wildman–Crippen LogP) is 1.97. The summed E-state index contributed by atoms with van der Waals surface area (Å²) in [5.74, 6) is -0.476. The SMILES string of the molecule is CC(C)C(=O)N1CCC[C@@H]1c1cc(C(F)(F)F)c2c(=O)n(C)c(=O)n(C)c2n1. The Bertz CT molecular complexity index is 1070. The number of halogens is 3. The standard InChI is InChI=1S/C18H21F3N4O3/c1-9(2)15(26)25-7-5-6-12(25)11-8-10(18(19,20)21)13-14(22-11)23(3)17(28)24(4)16(13)27/h8-9,12H,5-7H2,1-4H3/t12-/m1/s1. The molecular formula is C18H21F3N4O3. The van der Waals surface area contributed by atoms with E-state index in [1.165, 1.54) is 11.9 Å². The third-order valence-electron chi connectivity index (χ3n) is 5.11. The van der Waals surface area contributed by atoms with Crippen molar-refractivity contribution in [3.63, 3.8) is 0 Å². The molecule has 0 bridgehead atoms. The van der Waals surface area contributed by atoms with Crippen molar-refractivity contribution in [2.75, 3.05) is 6.54 Å². The summed E-state index contributed by atoms with van der Waals surface area (Å²) < 4.78 is 42.9. The Kier molecular flexibility index (Phi) is 4.84. The summed E-state index contributed by atoms with van der Waals surface area (Å²) in [4.78, 5) is 42.8. The number of rotatable bonds is 2. The molecule has 0 unspecified atom stereocenters. The summed E-state index contributed by atoms with van der Waals surface area (Å²) >= 11 is 0. The summed E-state index contributed by atoms with van der Waals surface area (Å²) in [7, 11) is 2.39. The van der Waals surface area contributed by atoms with Gasteiger partial charge in [0, 0.05) is 26.6 Å². The molecule has 1 aliphatic heterocycles. The maximum Gasteiger partial charge on any atom is 0.417 e. The topological polar surface area (TPSA) is 77.2 Å². The first kappa shape index (κ1) is 20.1. The number of alkyl halides is 3. The number of carbonyl (C=O) groups is 1. The van der Waals surface area contributed by atoms with Crippen molar-refractivity contribution in [1.29, 1.82) is 0 Å². The fourth-order valence-corrected chi connectivity index (χ4v) is 3.64. The Morgan fingerprint density at radius 2 is 1.86 bits per heavy atom. The van der Waals surface area contributed by atoms with E-state index in [9.17, 15) is 27.6 Å². The van der Waals surface area contributed by atoms with Crippen LogP contribution < -0.4 is 11.2 Å². The zero-order valence-electron chi connectivity index (χ0n) is 16.0. The molecule has 0 N–H and O–H groups in total. The van der Waals surface area contributed by atoms with Gasteiger partial charge in [0.05, 0.1) is 22.7 Å². The molecule has 7 nitrogen and oxygen atoms in total. The Morgan fingerprint density at radius 1 is 1.21 bits per heavy atom. The highest BCUT2D eigenvalue weighted by molar-refractivity contribution is 5.81. The summed E-state index contributed by atoms with van der Waals surface area (Å²) in [5.41, 5.74) is -3.26. The molecule has 3 rings (SSSR count). The second kappa shape index (κ2) is 6.75. The average molecular weight is 398 g/mol. The monoisotopic (exact) mass is 398 g/mol. The number of likely N-dealkylation sites (tertiary alicyclic amines) is 1. The molecule has 0 saturated carbocycles. The lowest BCUT2D eigenvalue weighted by Crippen LogP contribution is -2.39. The summed E-state index contributed by atoms with van der Waals surface area (Å²) in [6.45, 7) is 3.87. The van der Waals surface area contributed by atoms with Gasteiger partial charge in [0.25, 0.3) is 5.56 Å². The Labute approximate surface area is 158 Å². The molecule has 1 fully saturated rings. The lowest BCUT2D eigenvalue weighted by Gasteiger charge is -2.27. The van der Waals surface area contributed by atoms with Crippen LogP contribution in [0.4, 0.5) is 13.2 Å². The molecule has 10 heteroatoms. The number of aryl methyl sites for hydroxylation is 1. The van der Waals surface area contributed by atoms with Crippen molar-refractivity contribution >= 4 is 16.9 Å². The van der Waals surface area contributed by atoms with Crippen LogP contribution in [0.5, 0.6) is 0 Å². The summed E-state index contributed by atoms with van der Waals surface area (Å²) in [6, 6.07) is 0.213. The molecular weight excluding hydrogens is 377 g/mol. The van der Waals surface area contributed by atoms with Crippen molar-refractivity contribution in [1.82, 2.24) is 19.0 Å². The maximum absolute atomic E-state index is 13.8. The Morgan fingerprint density at radius 3 is 2.43 bits per heavy atom. The van der Waals surface area contributed by atoms with Crippen molar-refractivity contribution in [2.45, 2.75) is 38.9 Å². The fourth-order valence-electron chi connectivity index (χ4n) is 3.64. The highest BCUT2D eigenvalue weighted by atomic mass is 19.4. The van der Waals surface area contributed by atoms with Crippen molar-refractivity contribution in [3.05, 3.63) is 38.2 Å². The van der Waals surface area contributed by atoms with Gasteiger partial charge in [-0.25, -0.2) is 9.78 Å². The minimum Gasteiger partial charge on any atom is -0.334 e. The van der Waals surface area contributed by atoms with Crippen LogP contribution in [0.1, 0.15) is 44.0 Å². The number of fused-ring (bicyclic) bond motifs is 1. The molecule has 3 heterocycles. The zero-order chi connectivity index (χ0) is 21.0. The molecule has 2 aromatic heterocycles. The van der Waals surface area contributed by atoms with Crippen LogP contribution in [0, 0.1) is 5.92 Å². The van der Waals surface area contributed by atoms with E-state index in [1.807, 2.05) is 0 Å². The van der Waals surface area contributed by atoms with E-state index in [4.69, 9.17) is 0 Å². The van der Waals surface area contributed by atoms with E-state index < -0.39 is 34.4 Å². The second-order valence-corrected chi connectivity index (χ2v) is 7.34. The van der Waals surface area contributed by atoms with Gasteiger partial charge in [-0.3, -0.25) is 18.7 Å². The van der Waals surface area contributed by atoms with Gasteiger partial charge in [0.1, 0.15) is 5.65 Å². The van der Waals surface area contributed by atoms with Gasteiger partial charge in [-0.15, -0.1) is 0 Å². The summed E-state index contributed by atoms with van der Waals surface area (Å²) in [5, 5.41) is -0.652. The van der Waals surface area contributed by atoms with Crippen LogP contribution in [0.15, 0.2) is 15.7 Å². The quantitative estimate of drug-likeness (QED) is 0.775. The summed E-state index contributed by atoms with van der Waals surface area (Å²) in [6.07, 6.45) is -3.71. The van der Waals surface area contributed by atoms with Gasteiger partial charge in [-0.1, -0.05) is 13.8 Å². The zero-order valence-corrected chi connectivity index (χ0v) is 16.0. The van der Waals surface area contributed by atoms with E-state index >= 15 is 0 Å². The third kappa shape index (κ3) is 3.10. The first-order chi connectivity index (χ1) is 12.9. The van der Waals surface area contributed by atoms with Crippen LogP contribution in [0.2, 0.25) is 0 Å². The molecule has 0 radical (unpaired) electrons. The smallest absolute Gasteiger partial charge is 0.334 e. The van der Waals surface area contributed by atoms with Crippen LogP contribution in [0.3, 0.4) is 0 Å². The van der Waals surface area contributed by atoms with Crippen molar-refractivity contribution in [3.8, 4) is 0 Å². The predicted molar refractivity (Wildman–Crippen MR) is 95.8 cm³/mol. The average Bonchev–Trinajstić information content (AvgIpc) is 3.11. The highest BCUT2D eigenvalue weighted by Gasteiger charge is 2.38. The molecule has 0 spiro atoms. The van der Waals surface area contributed by atoms with E-state index in [0.29, 0.717) is 24.0 Å². The number of hydrogen-bond acceptors (Lipinski definition) is 4. The Balaban J connectivity index is 2.33. The first-order valence-corrected chi connectivity index (χ1v) is 8.93. The minimum atomic E-state index is -4.81. The highest BCUT2D eigenvalue weighted by Crippen LogP contribution is 2.38. The number of nitrogens with zero attached hydrogens (tertiary/aromatic N) is 4.